The molecule has 1 unspecified atom stereocenters. The Bertz CT molecular complexity index is 530. The Morgan fingerprint density at radius 1 is 1.41 bits per heavy atom. The molecule has 1 atom stereocenters. The summed E-state index contributed by atoms with van der Waals surface area (Å²) >= 11 is 6.21. The van der Waals surface area contributed by atoms with Gasteiger partial charge in [0.1, 0.15) is 16.5 Å². The van der Waals surface area contributed by atoms with Crippen LogP contribution < -0.4 is 4.74 Å². The molecule has 22 heavy (non-hydrogen) atoms. The van der Waals surface area contributed by atoms with E-state index in [0.29, 0.717) is 31.6 Å². The lowest BCUT2D eigenvalue weighted by atomic mass is 9.90. The summed E-state index contributed by atoms with van der Waals surface area (Å²) in [6.45, 7) is 3.60. The van der Waals surface area contributed by atoms with E-state index >= 15 is 0 Å². The molecule has 0 N–H and O–H groups in total. The fourth-order valence-corrected chi connectivity index (χ4v) is 3.28. The number of hydrogen-bond acceptors (Lipinski definition) is 5. The highest BCUT2D eigenvalue weighted by atomic mass is 35.5. The molecule has 0 bridgehead atoms. The van der Waals surface area contributed by atoms with Crippen LogP contribution in [0.3, 0.4) is 0 Å². The van der Waals surface area contributed by atoms with Gasteiger partial charge >= 0.3 is 0 Å². The van der Waals surface area contributed by atoms with E-state index in [2.05, 4.69) is 24.0 Å². The van der Waals surface area contributed by atoms with E-state index in [1.807, 2.05) is 6.07 Å². The first-order valence-corrected chi connectivity index (χ1v) is 8.18. The van der Waals surface area contributed by atoms with Gasteiger partial charge in [0, 0.05) is 37.6 Å². The van der Waals surface area contributed by atoms with Crippen molar-refractivity contribution in [1.82, 2.24) is 9.88 Å². The topological polar surface area (TPSA) is 43.8 Å². The minimum Gasteiger partial charge on any atom is -0.493 e. The van der Waals surface area contributed by atoms with Crippen molar-refractivity contribution in [1.29, 1.82) is 0 Å². The summed E-state index contributed by atoms with van der Waals surface area (Å²) < 4.78 is 17.5. The highest BCUT2D eigenvalue weighted by molar-refractivity contribution is 6.29. The molecule has 122 valence electrons. The lowest BCUT2D eigenvalue weighted by Gasteiger charge is -2.34. The van der Waals surface area contributed by atoms with Crippen LogP contribution in [-0.4, -0.2) is 57.0 Å². The van der Waals surface area contributed by atoms with Gasteiger partial charge in [-0.05, 0) is 20.5 Å². The molecule has 0 aliphatic carbocycles. The van der Waals surface area contributed by atoms with Gasteiger partial charge in [0.15, 0.2) is 0 Å². The summed E-state index contributed by atoms with van der Waals surface area (Å²) in [4.78, 5) is 6.69. The van der Waals surface area contributed by atoms with Crippen molar-refractivity contribution < 1.29 is 14.2 Å². The Hall–Kier alpha value is -0.880. The summed E-state index contributed by atoms with van der Waals surface area (Å²) in [6, 6.07) is 1.82. The van der Waals surface area contributed by atoms with Gasteiger partial charge in [0.25, 0.3) is 0 Å². The quantitative estimate of drug-likeness (QED) is 0.613. The molecule has 1 aromatic heterocycles. The average molecular weight is 327 g/mol. The van der Waals surface area contributed by atoms with Crippen LogP contribution >= 0.6 is 11.6 Å². The van der Waals surface area contributed by atoms with Gasteiger partial charge in [-0.2, -0.15) is 0 Å². The van der Waals surface area contributed by atoms with Crippen LogP contribution in [-0.2, 0) is 21.5 Å². The van der Waals surface area contributed by atoms with Crippen molar-refractivity contribution in [2.45, 2.75) is 24.9 Å². The predicted molar refractivity (Wildman–Crippen MR) is 84.7 cm³/mol. The van der Waals surface area contributed by atoms with Gasteiger partial charge in [0.2, 0.25) is 0 Å². The van der Waals surface area contributed by atoms with Crippen molar-refractivity contribution in [3.63, 3.8) is 0 Å². The van der Waals surface area contributed by atoms with Crippen LogP contribution in [0.15, 0.2) is 6.07 Å². The first kappa shape index (κ1) is 16.0. The maximum absolute atomic E-state index is 6.21. The van der Waals surface area contributed by atoms with Crippen molar-refractivity contribution in [2.24, 2.45) is 0 Å². The Balaban J connectivity index is 1.81. The number of ether oxygens (including phenoxy) is 3. The Morgan fingerprint density at radius 3 is 3.00 bits per heavy atom. The van der Waals surface area contributed by atoms with Crippen LogP contribution in [0.5, 0.6) is 5.75 Å². The zero-order valence-electron chi connectivity index (χ0n) is 13.2. The van der Waals surface area contributed by atoms with Gasteiger partial charge in [-0.3, -0.25) is 0 Å². The second kappa shape index (κ2) is 6.71. The average Bonchev–Trinajstić information content (AvgIpc) is 2.94. The third-order valence-electron chi connectivity index (χ3n) is 4.21. The molecule has 1 fully saturated rings. The molecule has 3 rings (SSSR count). The minimum atomic E-state index is -0.430. The second-order valence-electron chi connectivity index (χ2n) is 6.17. The Labute approximate surface area is 136 Å². The number of pyridine rings is 1. The summed E-state index contributed by atoms with van der Waals surface area (Å²) in [5, 5.41) is 0.457. The number of rotatable bonds is 5. The normalized spacial score (nSPS) is 24.0. The van der Waals surface area contributed by atoms with Crippen LogP contribution in [0.4, 0.5) is 0 Å². The van der Waals surface area contributed by atoms with E-state index in [0.717, 1.165) is 42.8 Å². The molecule has 0 saturated carbocycles. The second-order valence-corrected chi connectivity index (χ2v) is 6.56. The van der Waals surface area contributed by atoms with Gasteiger partial charge in [-0.1, -0.05) is 11.6 Å². The molecule has 0 aromatic carbocycles. The Kier molecular flexibility index (Phi) is 4.88. The predicted octanol–water partition coefficient (Wildman–Crippen LogP) is 2.25. The van der Waals surface area contributed by atoms with E-state index in [9.17, 15) is 0 Å². The molecule has 5 nitrogen and oxygen atoms in total. The molecule has 1 saturated heterocycles. The van der Waals surface area contributed by atoms with Gasteiger partial charge < -0.3 is 19.1 Å². The number of nitrogens with zero attached hydrogens (tertiary/aromatic N) is 2. The van der Waals surface area contributed by atoms with Crippen LogP contribution in [0.2, 0.25) is 5.15 Å². The molecule has 3 heterocycles. The Morgan fingerprint density at radius 2 is 2.27 bits per heavy atom. The first-order chi connectivity index (χ1) is 10.6. The first-order valence-electron chi connectivity index (χ1n) is 7.80. The third-order valence-corrected chi connectivity index (χ3v) is 4.40. The van der Waals surface area contributed by atoms with Crippen molar-refractivity contribution in [3.05, 3.63) is 22.5 Å². The lowest BCUT2D eigenvalue weighted by molar-refractivity contribution is -0.0670. The largest absolute Gasteiger partial charge is 0.493 e. The van der Waals surface area contributed by atoms with E-state index < -0.39 is 5.60 Å². The molecule has 0 amide bonds. The van der Waals surface area contributed by atoms with E-state index in [4.69, 9.17) is 25.8 Å². The number of hydrogen-bond donors (Lipinski definition) is 0. The molecule has 6 heteroatoms. The van der Waals surface area contributed by atoms with Crippen LogP contribution in [0.1, 0.15) is 24.1 Å². The van der Waals surface area contributed by atoms with E-state index in [1.165, 1.54) is 0 Å². The monoisotopic (exact) mass is 326 g/mol. The highest BCUT2D eigenvalue weighted by Crippen LogP contribution is 2.42. The van der Waals surface area contributed by atoms with Gasteiger partial charge in [-0.25, -0.2) is 4.98 Å². The van der Waals surface area contributed by atoms with Crippen molar-refractivity contribution in [3.8, 4) is 5.75 Å². The fraction of sp³-hybridized carbons (Fsp3) is 0.688. The molecule has 1 spiro atoms. The molecular formula is C16H23ClN2O3. The smallest absolute Gasteiger partial charge is 0.136 e. The molecule has 1 aromatic rings. The van der Waals surface area contributed by atoms with Crippen LogP contribution in [0.25, 0.3) is 0 Å². The lowest BCUT2D eigenvalue weighted by Crippen LogP contribution is -2.37. The van der Waals surface area contributed by atoms with E-state index in [1.54, 1.807) is 0 Å². The summed E-state index contributed by atoms with van der Waals surface area (Å²) in [5.41, 5.74) is 1.61. The highest BCUT2D eigenvalue weighted by Gasteiger charge is 2.44. The number of fused-ring (bicyclic) bond motifs is 2. The zero-order valence-corrected chi connectivity index (χ0v) is 14.0. The van der Waals surface area contributed by atoms with Crippen molar-refractivity contribution >= 4 is 11.6 Å². The number of aromatic nitrogens is 1. The standard InChI is InChI=1S/C16H23ClN2O3/c1-19(2)6-3-7-21-13-10-14(17)18-15-12(13)4-8-22-16(15)5-9-20-11-16/h10H,3-9,11H2,1-2H3. The summed E-state index contributed by atoms with van der Waals surface area (Å²) in [6.07, 6.45) is 2.62. The molecule has 2 aliphatic rings. The summed E-state index contributed by atoms with van der Waals surface area (Å²) in [5.74, 6) is 0.850. The molecule has 2 aliphatic heterocycles. The van der Waals surface area contributed by atoms with Gasteiger partial charge in [-0.15, -0.1) is 0 Å². The maximum Gasteiger partial charge on any atom is 0.136 e. The number of halogens is 1. The van der Waals surface area contributed by atoms with Crippen LogP contribution in [0, 0.1) is 0 Å². The van der Waals surface area contributed by atoms with E-state index in [-0.39, 0.29) is 0 Å². The van der Waals surface area contributed by atoms with Crippen molar-refractivity contribution in [2.75, 3.05) is 47.1 Å². The SMILES string of the molecule is CN(C)CCCOc1cc(Cl)nc2c1CCOC21CCOC1. The fourth-order valence-electron chi connectivity index (χ4n) is 3.09. The molecular weight excluding hydrogens is 304 g/mol. The maximum atomic E-state index is 6.21. The minimum absolute atomic E-state index is 0.430. The zero-order chi connectivity index (χ0) is 15.6. The van der Waals surface area contributed by atoms with Gasteiger partial charge in [0.05, 0.1) is 25.5 Å². The molecule has 0 radical (unpaired) electrons. The third kappa shape index (κ3) is 3.23. The summed E-state index contributed by atoms with van der Waals surface area (Å²) in [7, 11) is 4.12.